The zero-order valence-electron chi connectivity index (χ0n) is 13.7. The first-order chi connectivity index (χ1) is 10.2. The van der Waals surface area contributed by atoms with Gasteiger partial charge < -0.3 is 14.7 Å². The maximum Gasteiger partial charge on any atom is 0.349 e. The Morgan fingerprint density at radius 1 is 1.18 bits per heavy atom. The van der Waals surface area contributed by atoms with Crippen LogP contribution in [0.15, 0.2) is 24.3 Å². The van der Waals surface area contributed by atoms with Gasteiger partial charge in [-0.3, -0.25) is 14.7 Å². The minimum Gasteiger partial charge on any atom is -0.350 e. The van der Waals surface area contributed by atoms with E-state index < -0.39 is 13.4 Å². The molecule has 0 saturated heterocycles. The second-order valence-corrected chi connectivity index (χ2v) is 7.70. The van der Waals surface area contributed by atoms with E-state index >= 15 is 0 Å². The van der Waals surface area contributed by atoms with E-state index in [0.29, 0.717) is 11.1 Å². The lowest BCUT2D eigenvalue weighted by Crippen LogP contribution is -2.34. The molecule has 0 aromatic heterocycles. The number of amides is 1. The van der Waals surface area contributed by atoms with Crippen molar-refractivity contribution in [2.75, 3.05) is 7.11 Å². The molecule has 0 aliphatic heterocycles. The van der Waals surface area contributed by atoms with E-state index in [1.807, 2.05) is 27.7 Å². The molecule has 0 fully saturated rings. The monoisotopic (exact) mass is 328 g/mol. The van der Waals surface area contributed by atoms with E-state index in [4.69, 9.17) is 4.52 Å². The predicted octanol–water partition coefficient (Wildman–Crippen LogP) is 2.65. The molecule has 0 bridgehead atoms. The zero-order chi connectivity index (χ0) is 16.9. The first-order valence-corrected chi connectivity index (χ1v) is 8.87. The molecule has 0 aliphatic carbocycles. The molecular weight excluding hydrogens is 303 g/mol. The lowest BCUT2D eigenvalue weighted by Gasteiger charge is -2.26. The van der Waals surface area contributed by atoms with Gasteiger partial charge in [0, 0.05) is 24.8 Å². The van der Waals surface area contributed by atoms with Crippen molar-refractivity contribution in [3.63, 3.8) is 0 Å². The third kappa shape index (κ3) is 4.92. The van der Waals surface area contributed by atoms with Crippen LogP contribution in [-0.4, -0.2) is 30.0 Å². The van der Waals surface area contributed by atoms with Crippen LogP contribution in [0, 0.1) is 0 Å². The normalized spacial score (nSPS) is 15.6. The van der Waals surface area contributed by atoms with E-state index in [1.165, 1.54) is 7.11 Å². The maximum atomic E-state index is 12.4. The summed E-state index contributed by atoms with van der Waals surface area (Å²) < 4.78 is 17.1. The average Bonchev–Trinajstić information content (AvgIpc) is 2.43. The molecular formula is C15H25N2O4P. The van der Waals surface area contributed by atoms with E-state index in [1.54, 1.807) is 24.3 Å². The van der Waals surface area contributed by atoms with Crippen LogP contribution in [-0.2, 0) is 9.09 Å². The van der Waals surface area contributed by atoms with E-state index in [-0.39, 0.29) is 18.0 Å². The molecule has 1 aromatic rings. The van der Waals surface area contributed by atoms with Crippen LogP contribution in [0.4, 0.5) is 0 Å². The molecule has 6 nitrogen and oxygen atoms in total. The number of benzene rings is 1. The summed E-state index contributed by atoms with van der Waals surface area (Å²) in [6.07, 6.45) is 0. The van der Waals surface area contributed by atoms with Gasteiger partial charge in [0.2, 0.25) is 0 Å². The first-order valence-electron chi connectivity index (χ1n) is 7.23. The van der Waals surface area contributed by atoms with Crippen molar-refractivity contribution >= 4 is 13.5 Å². The molecule has 0 saturated carbocycles. The van der Waals surface area contributed by atoms with Gasteiger partial charge in [-0.25, -0.2) is 0 Å². The van der Waals surface area contributed by atoms with E-state index in [0.717, 1.165) is 0 Å². The van der Waals surface area contributed by atoms with Gasteiger partial charge in [-0.15, -0.1) is 0 Å². The Kier molecular flexibility index (Phi) is 6.75. The van der Waals surface area contributed by atoms with Crippen molar-refractivity contribution in [1.82, 2.24) is 10.6 Å². The molecule has 0 heterocycles. The Labute approximate surface area is 131 Å². The molecule has 22 heavy (non-hydrogen) atoms. The van der Waals surface area contributed by atoms with Gasteiger partial charge in [-0.05, 0) is 39.3 Å². The summed E-state index contributed by atoms with van der Waals surface area (Å²) >= 11 is 0. The maximum absolute atomic E-state index is 12.4. The van der Waals surface area contributed by atoms with E-state index in [2.05, 4.69) is 10.6 Å². The van der Waals surface area contributed by atoms with Gasteiger partial charge in [0.15, 0.2) is 0 Å². The molecule has 0 radical (unpaired) electrons. The van der Waals surface area contributed by atoms with Gasteiger partial charge in [0.1, 0.15) is 5.78 Å². The minimum absolute atomic E-state index is 0.0274. The molecule has 0 aliphatic rings. The van der Waals surface area contributed by atoms with Gasteiger partial charge >= 0.3 is 7.60 Å². The van der Waals surface area contributed by atoms with Crippen molar-refractivity contribution in [3.8, 4) is 0 Å². The number of hydrogen-bond donors (Lipinski definition) is 3. The molecule has 3 N–H and O–H groups in total. The second kappa shape index (κ2) is 7.88. The van der Waals surface area contributed by atoms with Crippen molar-refractivity contribution in [3.05, 3.63) is 35.4 Å². The number of nitrogens with one attached hydrogen (secondary N) is 2. The number of carbonyl (C=O) groups excluding carboxylic acids is 1. The standard InChI is InChI=1S/C15H25N2O4P/c1-10(2)16-14(18)12-8-6-7-9-13(12)15(17-11(3)4)22(19,20)21-5/h6-11,15,17H,1-5H3,(H,16,18)(H,19,20). The summed E-state index contributed by atoms with van der Waals surface area (Å²) in [6.45, 7) is 7.44. The van der Waals surface area contributed by atoms with Crippen LogP contribution < -0.4 is 10.6 Å². The Morgan fingerprint density at radius 3 is 2.27 bits per heavy atom. The van der Waals surface area contributed by atoms with Crippen LogP contribution in [0.2, 0.25) is 0 Å². The summed E-state index contributed by atoms with van der Waals surface area (Å²) in [5.41, 5.74) is 0.808. The largest absolute Gasteiger partial charge is 0.350 e. The van der Waals surface area contributed by atoms with Crippen molar-refractivity contribution in [2.24, 2.45) is 0 Å². The van der Waals surface area contributed by atoms with Crippen LogP contribution in [0.5, 0.6) is 0 Å². The van der Waals surface area contributed by atoms with Crippen molar-refractivity contribution < 1.29 is 18.8 Å². The number of rotatable bonds is 7. The smallest absolute Gasteiger partial charge is 0.349 e. The Bertz CT molecular complexity index is 560. The zero-order valence-corrected chi connectivity index (χ0v) is 14.6. The van der Waals surface area contributed by atoms with Crippen LogP contribution in [0.1, 0.15) is 49.4 Å². The van der Waals surface area contributed by atoms with Crippen LogP contribution >= 0.6 is 7.60 Å². The lowest BCUT2D eigenvalue weighted by molar-refractivity contribution is 0.0942. The molecule has 1 amide bonds. The Hall–Kier alpha value is -1.20. The SMILES string of the molecule is COP(=O)(O)C(NC(C)C)c1ccccc1C(=O)NC(C)C. The third-order valence-electron chi connectivity index (χ3n) is 3.00. The summed E-state index contributed by atoms with van der Waals surface area (Å²) in [6, 6.07) is 6.67. The predicted molar refractivity (Wildman–Crippen MR) is 86.9 cm³/mol. The van der Waals surface area contributed by atoms with Crippen LogP contribution in [0.3, 0.4) is 0 Å². The molecule has 7 heteroatoms. The fourth-order valence-corrected chi connectivity index (χ4v) is 3.34. The Balaban J connectivity index is 3.31. The van der Waals surface area contributed by atoms with Gasteiger partial charge in [0.25, 0.3) is 5.91 Å². The lowest BCUT2D eigenvalue weighted by atomic mass is 10.1. The van der Waals surface area contributed by atoms with Gasteiger partial charge in [-0.1, -0.05) is 18.2 Å². The fourth-order valence-electron chi connectivity index (χ4n) is 2.06. The second-order valence-electron chi connectivity index (χ2n) is 5.69. The third-order valence-corrected chi connectivity index (χ3v) is 4.60. The quantitative estimate of drug-likeness (QED) is 0.670. The fraction of sp³-hybridized carbons (Fsp3) is 0.533. The highest BCUT2D eigenvalue weighted by atomic mass is 31.2. The van der Waals surface area contributed by atoms with Crippen molar-refractivity contribution in [1.29, 1.82) is 0 Å². The highest BCUT2D eigenvalue weighted by Crippen LogP contribution is 2.55. The molecule has 1 rings (SSSR count). The number of carbonyl (C=O) groups is 1. The van der Waals surface area contributed by atoms with Crippen molar-refractivity contribution in [2.45, 2.75) is 45.6 Å². The van der Waals surface area contributed by atoms with Gasteiger partial charge in [0.05, 0.1) is 0 Å². The summed E-state index contributed by atoms with van der Waals surface area (Å²) in [4.78, 5) is 22.4. The molecule has 2 unspecified atom stereocenters. The molecule has 124 valence electrons. The number of hydrogen-bond acceptors (Lipinski definition) is 4. The van der Waals surface area contributed by atoms with Gasteiger partial charge in [-0.2, -0.15) is 0 Å². The summed E-state index contributed by atoms with van der Waals surface area (Å²) in [5, 5.41) is 5.82. The topological polar surface area (TPSA) is 87.7 Å². The minimum atomic E-state index is -3.95. The highest BCUT2D eigenvalue weighted by molar-refractivity contribution is 7.53. The first kappa shape index (κ1) is 18.8. The summed E-state index contributed by atoms with van der Waals surface area (Å²) in [5.74, 6) is -1.25. The molecule has 1 aromatic carbocycles. The highest BCUT2D eigenvalue weighted by Gasteiger charge is 2.35. The summed E-state index contributed by atoms with van der Waals surface area (Å²) in [7, 11) is -2.76. The molecule has 2 atom stereocenters. The Morgan fingerprint density at radius 2 is 1.77 bits per heavy atom. The average molecular weight is 328 g/mol. The molecule has 0 spiro atoms. The van der Waals surface area contributed by atoms with Crippen LogP contribution in [0.25, 0.3) is 0 Å². The van der Waals surface area contributed by atoms with E-state index in [9.17, 15) is 14.3 Å².